The van der Waals surface area contributed by atoms with Crippen LogP contribution in [0.4, 0.5) is 0 Å². The Balaban J connectivity index is 2.15. The highest BCUT2D eigenvalue weighted by Gasteiger charge is 2.20. The fourth-order valence-electron chi connectivity index (χ4n) is 1.30. The van der Waals surface area contributed by atoms with Gasteiger partial charge in [0.15, 0.2) is 0 Å². The second kappa shape index (κ2) is 4.24. The molecule has 1 rings (SSSR count). The Morgan fingerprint density at radius 3 is 2.75 bits per heavy atom. The van der Waals surface area contributed by atoms with E-state index < -0.39 is 0 Å². The highest BCUT2D eigenvalue weighted by atomic mass is 16.5. The minimum Gasteiger partial charge on any atom is -0.375 e. The summed E-state index contributed by atoms with van der Waals surface area (Å²) in [5.74, 6) is 0.746. The molecule has 1 aliphatic heterocycles. The fraction of sp³-hybridized carbons (Fsp3) is 1.00. The van der Waals surface area contributed by atoms with Crippen LogP contribution in [-0.2, 0) is 4.74 Å². The van der Waals surface area contributed by atoms with Crippen LogP contribution in [0.5, 0.6) is 0 Å². The molecule has 1 aliphatic rings. The molecular formula is C10H21NO. The third kappa shape index (κ3) is 3.11. The van der Waals surface area contributed by atoms with Crippen LogP contribution in [0.2, 0.25) is 0 Å². The molecule has 0 aromatic heterocycles. The summed E-state index contributed by atoms with van der Waals surface area (Å²) in [5.41, 5.74) is 0.0720. The van der Waals surface area contributed by atoms with Crippen molar-refractivity contribution in [3.63, 3.8) is 0 Å². The molecule has 72 valence electrons. The molecule has 0 saturated carbocycles. The van der Waals surface area contributed by atoms with Crippen molar-refractivity contribution in [1.82, 2.24) is 5.32 Å². The lowest BCUT2D eigenvalue weighted by Gasteiger charge is -2.25. The van der Waals surface area contributed by atoms with E-state index in [4.69, 9.17) is 4.74 Å². The van der Waals surface area contributed by atoms with Crippen molar-refractivity contribution in [1.29, 1.82) is 0 Å². The fourth-order valence-corrected chi connectivity index (χ4v) is 1.30. The molecule has 12 heavy (non-hydrogen) atoms. The van der Waals surface area contributed by atoms with Crippen LogP contribution < -0.4 is 5.32 Å². The number of hydrogen-bond acceptors (Lipinski definition) is 2. The van der Waals surface area contributed by atoms with Crippen LogP contribution >= 0.6 is 0 Å². The molecule has 0 aromatic rings. The van der Waals surface area contributed by atoms with Crippen LogP contribution in [0.1, 0.15) is 33.6 Å². The minimum absolute atomic E-state index is 0.0720. The zero-order chi connectivity index (χ0) is 9.03. The first-order valence-electron chi connectivity index (χ1n) is 4.99. The van der Waals surface area contributed by atoms with Gasteiger partial charge < -0.3 is 10.1 Å². The molecule has 1 unspecified atom stereocenters. The predicted molar refractivity (Wildman–Crippen MR) is 51.3 cm³/mol. The Hall–Kier alpha value is -0.0800. The lowest BCUT2D eigenvalue weighted by atomic mass is 10.1. The maximum absolute atomic E-state index is 5.82. The molecule has 2 heteroatoms. The molecular weight excluding hydrogens is 150 g/mol. The first-order chi connectivity index (χ1) is 5.64. The SMILES string of the molecule is CCC(C)(C)OCC1CCNC1. The molecule has 0 bridgehead atoms. The smallest absolute Gasteiger partial charge is 0.0624 e. The number of rotatable bonds is 4. The van der Waals surface area contributed by atoms with E-state index in [0.717, 1.165) is 25.5 Å². The maximum atomic E-state index is 5.82. The second-order valence-electron chi connectivity index (χ2n) is 4.28. The molecule has 0 radical (unpaired) electrons. The van der Waals surface area contributed by atoms with Crippen LogP contribution in [0, 0.1) is 5.92 Å². The van der Waals surface area contributed by atoms with Crippen LogP contribution in [0.25, 0.3) is 0 Å². The molecule has 0 aliphatic carbocycles. The van der Waals surface area contributed by atoms with Crippen molar-refractivity contribution < 1.29 is 4.74 Å². The Kier molecular flexibility index (Phi) is 3.53. The van der Waals surface area contributed by atoms with Crippen molar-refractivity contribution >= 4 is 0 Å². The molecule has 1 N–H and O–H groups in total. The van der Waals surface area contributed by atoms with E-state index >= 15 is 0 Å². The van der Waals surface area contributed by atoms with Crippen molar-refractivity contribution in [2.45, 2.75) is 39.2 Å². The van der Waals surface area contributed by atoms with E-state index in [9.17, 15) is 0 Å². The monoisotopic (exact) mass is 171 g/mol. The van der Waals surface area contributed by atoms with Gasteiger partial charge in [-0.05, 0) is 39.2 Å². The summed E-state index contributed by atoms with van der Waals surface area (Å²) in [4.78, 5) is 0. The van der Waals surface area contributed by atoms with E-state index in [1.54, 1.807) is 0 Å². The lowest BCUT2D eigenvalue weighted by Crippen LogP contribution is -2.27. The standard InChI is InChI=1S/C10H21NO/c1-4-10(2,3)12-8-9-5-6-11-7-9/h9,11H,4-8H2,1-3H3. The van der Waals surface area contributed by atoms with Gasteiger partial charge in [0.25, 0.3) is 0 Å². The first kappa shape index (κ1) is 10.0. The Morgan fingerprint density at radius 1 is 1.50 bits per heavy atom. The molecule has 1 saturated heterocycles. The molecule has 1 atom stereocenters. The topological polar surface area (TPSA) is 21.3 Å². The van der Waals surface area contributed by atoms with Gasteiger partial charge in [0.1, 0.15) is 0 Å². The van der Waals surface area contributed by atoms with Crippen molar-refractivity contribution in [3.8, 4) is 0 Å². The van der Waals surface area contributed by atoms with Gasteiger partial charge in [0.2, 0.25) is 0 Å². The van der Waals surface area contributed by atoms with Gasteiger partial charge in [-0.1, -0.05) is 6.92 Å². The molecule has 0 amide bonds. The normalized spacial score (nSPS) is 24.8. The zero-order valence-electron chi connectivity index (χ0n) is 8.52. The zero-order valence-corrected chi connectivity index (χ0v) is 8.52. The van der Waals surface area contributed by atoms with Crippen LogP contribution in [-0.4, -0.2) is 25.3 Å². The summed E-state index contributed by atoms with van der Waals surface area (Å²) in [7, 11) is 0. The maximum Gasteiger partial charge on any atom is 0.0624 e. The van der Waals surface area contributed by atoms with E-state index in [1.807, 2.05) is 0 Å². The van der Waals surface area contributed by atoms with Crippen molar-refractivity contribution in [3.05, 3.63) is 0 Å². The van der Waals surface area contributed by atoms with Gasteiger partial charge in [-0.2, -0.15) is 0 Å². The largest absolute Gasteiger partial charge is 0.375 e. The van der Waals surface area contributed by atoms with E-state index in [-0.39, 0.29) is 5.60 Å². The average molecular weight is 171 g/mol. The highest BCUT2D eigenvalue weighted by molar-refractivity contribution is 4.73. The first-order valence-corrected chi connectivity index (χ1v) is 4.99. The quantitative estimate of drug-likeness (QED) is 0.696. The Bertz CT molecular complexity index is 128. The Labute approximate surface area is 75.7 Å². The molecule has 1 fully saturated rings. The molecule has 0 aromatic carbocycles. The predicted octanol–water partition coefficient (Wildman–Crippen LogP) is 1.80. The van der Waals surface area contributed by atoms with Crippen molar-refractivity contribution in [2.24, 2.45) is 5.92 Å². The van der Waals surface area contributed by atoms with E-state index in [1.165, 1.54) is 13.0 Å². The van der Waals surface area contributed by atoms with E-state index in [2.05, 4.69) is 26.1 Å². The summed E-state index contributed by atoms with van der Waals surface area (Å²) in [6, 6.07) is 0. The summed E-state index contributed by atoms with van der Waals surface area (Å²) < 4.78 is 5.82. The lowest BCUT2D eigenvalue weighted by molar-refractivity contribution is -0.0348. The molecule has 0 spiro atoms. The summed E-state index contributed by atoms with van der Waals surface area (Å²) in [5, 5.41) is 3.35. The summed E-state index contributed by atoms with van der Waals surface area (Å²) >= 11 is 0. The average Bonchev–Trinajstić information content (AvgIpc) is 2.53. The number of nitrogens with one attached hydrogen (secondary N) is 1. The van der Waals surface area contributed by atoms with Gasteiger partial charge in [-0.25, -0.2) is 0 Å². The summed E-state index contributed by atoms with van der Waals surface area (Å²) in [6.07, 6.45) is 2.37. The van der Waals surface area contributed by atoms with Crippen molar-refractivity contribution in [2.75, 3.05) is 19.7 Å². The van der Waals surface area contributed by atoms with Gasteiger partial charge in [-0.3, -0.25) is 0 Å². The van der Waals surface area contributed by atoms with E-state index in [0.29, 0.717) is 0 Å². The highest BCUT2D eigenvalue weighted by Crippen LogP contribution is 2.17. The Morgan fingerprint density at radius 2 is 2.25 bits per heavy atom. The third-order valence-electron chi connectivity index (χ3n) is 2.72. The van der Waals surface area contributed by atoms with Gasteiger partial charge in [0.05, 0.1) is 12.2 Å². The number of hydrogen-bond donors (Lipinski definition) is 1. The third-order valence-corrected chi connectivity index (χ3v) is 2.72. The summed E-state index contributed by atoms with van der Waals surface area (Å²) in [6.45, 7) is 9.73. The van der Waals surface area contributed by atoms with Gasteiger partial charge >= 0.3 is 0 Å². The minimum atomic E-state index is 0.0720. The molecule has 1 heterocycles. The van der Waals surface area contributed by atoms with Gasteiger partial charge in [-0.15, -0.1) is 0 Å². The van der Waals surface area contributed by atoms with Crippen LogP contribution in [0.15, 0.2) is 0 Å². The second-order valence-corrected chi connectivity index (χ2v) is 4.28. The van der Waals surface area contributed by atoms with Gasteiger partial charge in [0, 0.05) is 6.54 Å². The molecule has 2 nitrogen and oxygen atoms in total. The number of ether oxygens (including phenoxy) is 1. The van der Waals surface area contributed by atoms with Crippen LogP contribution in [0.3, 0.4) is 0 Å².